The van der Waals surface area contributed by atoms with Crippen molar-refractivity contribution in [3.05, 3.63) is 58.8 Å². The van der Waals surface area contributed by atoms with Crippen LogP contribution in [0.25, 0.3) is 0 Å². The van der Waals surface area contributed by atoms with Crippen molar-refractivity contribution in [2.75, 3.05) is 37.7 Å². The van der Waals surface area contributed by atoms with E-state index in [0.29, 0.717) is 18.8 Å². The van der Waals surface area contributed by atoms with Crippen LogP contribution in [0.4, 0.5) is 10.1 Å². The second-order valence-corrected chi connectivity index (χ2v) is 6.86. The molecule has 0 atom stereocenters. The summed E-state index contributed by atoms with van der Waals surface area (Å²) < 4.78 is 19.6. The van der Waals surface area contributed by atoms with Crippen LogP contribution in [0.2, 0.25) is 0 Å². The van der Waals surface area contributed by atoms with Gasteiger partial charge in [0.2, 0.25) is 0 Å². The van der Waals surface area contributed by atoms with Gasteiger partial charge in [0, 0.05) is 36.3 Å². The zero-order valence-corrected chi connectivity index (χ0v) is 15.4. The van der Waals surface area contributed by atoms with Crippen molar-refractivity contribution in [2.45, 2.75) is 6.42 Å². The Labute approximate surface area is 155 Å². The second kappa shape index (κ2) is 8.34. The Hall–Kier alpha value is -2.08. The van der Waals surface area contributed by atoms with E-state index in [1.807, 2.05) is 29.2 Å². The van der Waals surface area contributed by atoms with Gasteiger partial charge in [-0.05, 0) is 55.0 Å². The van der Waals surface area contributed by atoms with Crippen molar-refractivity contribution in [1.82, 2.24) is 4.90 Å². The van der Waals surface area contributed by atoms with E-state index in [4.69, 9.17) is 4.74 Å². The quantitative estimate of drug-likeness (QED) is 0.775. The maximum absolute atomic E-state index is 13.1. The summed E-state index contributed by atoms with van der Waals surface area (Å²) in [6.45, 7) is 2.97. The van der Waals surface area contributed by atoms with Gasteiger partial charge in [-0.3, -0.25) is 4.79 Å². The minimum Gasteiger partial charge on any atom is -0.484 e. The molecule has 0 bridgehead atoms. The fraction of sp³-hybridized carbons (Fsp3) is 0.316. The lowest BCUT2D eigenvalue weighted by atomic mass is 10.2. The van der Waals surface area contributed by atoms with Gasteiger partial charge in [-0.15, -0.1) is 0 Å². The van der Waals surface area contributed by atoms with Gasteiger partial charge in [0.25, 0.3) is 5.91 Å². The third-order valence-corrected chi connectivity index (χ3v) is 4.74. The first kappa shape index (κ1) is 17.7. The maximum Gasteiger partial charge on any atom is 0.260 e. The number of anilines is 1. The van der Waals surface area contributed by atoms with Crippen molar-refractivity contribution in [1.29, 1.82) is 0 Å². The summed E-state index contributed by atoms with van der Waals surface area (Å²) in [6.07, 6.45) is 0.876. The van der Waals surface area contributed by atoms with Gasteiger partial charge in [0.05, 0.1) is 0 Å². The van der Waals surface area contributed by atoms with Crippen LogP contribution in [0.15, 0.2) is 53.0 Å². The van der Waals surface area contributed by atoms with Crippen LogP contribution in [0.3, 0.4) is 0 Å². The van der Waals surface area contributed by atoms with Gasteiger partial charge in [-0.25, -0.2) is 4.39 Å². The molecule has 0 saturated carbocycles. The monoisotopic (exact) mass is 406 g/mol. The van der Waals surface area contributed by atoms with Crippen molar-refractivity contribution >= 4 is 27.5 Å². The predicted octanol–water partition coefficient (Wildman–Crippen LogP) is 3.71. The molecule has 0 radical (unpaired) electrons. The average Bonchev–Trinajstić information content (AvgIpc) is 2.88. The van der Waals surface area contributed by atoms with Gasteiger partial charge in [-0.2, -0.15) is 0 Å². The van der Waals surface area contributed by atoms with Gasteiger partial charge in [0.1, 0.15) is 11.6 Å². The van der Waals surface area contributed by atoms with Crippen molar-refractivity contribution < 1.29 is 13.9 Å². The molecule has 0 spiro atoms. The van der Waals surface area contributed by atoms with Gasteiger partial charge >= 0.3 is 0 Å². The molecule has 3 rings (SSSR count). The largest absolute Gasteiger partial charge is 0.484 e. The molecule has 1 heterocycles. The summed E-state index contributed by atoms with van der Waals surface area (Å²) in [4.78, 5) is 16.4. The number of carbonyl (C=O) groups excluding carboxylic acids is 1. The van der Waals surface area contributed by atoms with Crippen LogP contribution < -0.4 is 9.64 Å². The summed E-state index contributed by atoms with van der Waals surface area (Å²) in [5.74, 6) is 0.434. The number of rotatable bonds is 4. The lowest BCUT2D eigenvalue weighted by Gasteiger charge is -2.23. The standard InChI is InChI=1S/C19H20BrFN2O2/c20-15-2-8-18(9-3-15)25-14-19(24)23-11-1-10-22(12-13-23)17-6-4-16(21)5-7-17/h2-9H,1,10-14H2. The van der Waals surface area contributed by atoms with E-state index in [1.54, 1.807) is 12.1 Å². The molecule has 132 valence electrons. The molecule has 0 unspecified atom stereocenters. The summed E-state index contributed by atoms with van der Waals surface area (Å²) in [5.41, 5.74) is 0.988. The minimum atomic E-state index is -0.236. The molecule has 6 heteroatoms. The number of amides is 1. The highest BCUT2D eigenvalue weighted by Crippen LogP contribution is 2.18. The first-order valence-electron chi connectivity index (χ1n) is 8.28. The fourth-order valence-electron chi connectivity index (χ4n) is 2.84. The van der Waals surface area contributed by atoms with E-state index >= 15 is 0 Å². The van der Waals surface area contributed by atoms with Crippen LogP contribution >= 0.6 is 15.9 Å². The van der Waals surface area contributed by atoms with Crippen LogP contribution in [0, 0.1) is 5.82 Å². The lowest BCUT2D eigenvalue weighted by Crippen LogP contribution is -2.38. The SMILES string of the molecule is O=C(COc1ccc(Br)cc1)N1CCCN(c2ccc(F)cc2)CC1. The van der Waals surface area contributed by atoms with Gasteiger partial charge in [0.15, 0.2) is 6.61 Å². The number of carbonyl (C=O) groups is 1. The predicted molar refractivity (Wildman–Crippen MR) is 99.4 cm³/mol. The molecule has 1 amide bonds. The molecule has 1 aliphatic heterocycles. The number of hydrogen-bond donors (Lipinski definition) is 0. The smallest absolute Gasteiger partial charge is 0.260 e. The van der Waals surface area contributed by atoms with Crippen molar-refractivity contribution in [3.8, 4) is 5.75 Å². The molecule has 2 aromatic rings. The number of hydrogen-bond acceptors (Lipinski definition) is 3. The van der Waals surface area contributed by atoms with Gasteiger partial charge < -0.3 is 14.5 Å². The third kappa shape index (κ3) is 4.95. The highest BCUT2D eigenvalue weighted by atomic mass is 79.9. The Morgan fingerprint density at radius 2 is 1.72 bits per heavy atom. The molecule has 2 aromatic carbocycles. The van der Waals surface area contributed by atoms with Gasteiger partial charge in [-0.1, -0.05) is 15.9 Å². The van der Waals surface area contributed by atoms with Crippen LogP contribution in [-0.2, 0) is 4.79 Å². The average molecular weight is 407 g/mol. The van der Waals surface area contributed by atoms with Crippen LogP contribution in [0.1, 0.15) is 6.42 Å². The Morgan fingerprint density at radius 3 is 2.44 bits per heavy atom. The molecule has 4 nitrogen and oxygen atoms in total. The highest BCUT2D eigenvalue weighted by molar-refractivity contribution is 9.10. The van der Waals surface area contributed by atoms with E-state index in [0.717, 1.165) is 29.7 Å². The first-order valence-corrected chi connectivity index (χ1v) is 9.08. The summed E-state index contributed by atoms with van der Waals surface area (Å²) in [5, 5.41) is 0. The Kier molecular flexibility index (Phi) is 5.91. The van der Waals surface area contributed by atoms with Crippen molar-refractivity contribution in [2.24, 2.45) is 0 Å². The zero-order chi connectivity index (χ0) is 17.6. The Balaban J connectivity index is 1.52. The fourth-order valence-corrected chi connectivity index (χ4v) is 3.11. The third-order valence-electron chi connectivity index (χ3n) is 4.22. The Morgan fingerprint density at radius 1 is 1.00 bits per heavy atom. The van der Waals surface area contributed by atoms with E-state index in [-0.39, 0.29) is 18.3 Å². The lowest BCUT2D eigenvalue weighted by molar-refractivity contribution is -0.133. The molecule has 25 heavy (non-hydrogen) atoms. The minimum absolute atomic E-state index is 0.0103. The molecule has 0 aromatic heterocycles. The molecular formula is C19H20BrFN2O2. The maximum atomic E-state index is 13.1. The van der Waals surface area contributed by atoms with E-state index < -0.39 is 0 Å². The zero-order valence-electron chi connectivity index (χ0n) is 13.8. The van der Waals surface area contributed by atoms with Crippen molar-refractivity contribution in [3.63, 3.8) is 0 Å². The number of ether oxygens (including phenoxy) is 1. The second-order valence-electron chi connectivity index (χ2n) is 5.94. The Bertz CT molecular complexity index is 706. The van der Waals surface area contributed by atoms with E-state index in [9.17, 15) is 9.18 Å². The summed E-state index contributed by atoms with van der Waals surface area (Å²) in [7, 11) is 0. The van der Waals surface area contributed by atoms with E-state index in [1.165, 1.54) is 12.1 Å². The highest BCUT2D eigenvalue weighted by Gasteiger charge is 2.19. The van der Waals surface area contributed by atoms with Crippen LogP contribution in [-0.4, -0.2) is 43.6 Å². The normalized spacial score (nSPS) is 15.0. The topological polar surface area (TPSA) is 32.8 Å². The molecule has 1 saturated heterocycles. The summed E-state index contributed by atoms with van der Waals surface area (Å²) in [6, 6.07) is 13.9. The van der Waals surface area contributed by atoms with E-state index in [2.05, 4.69) is 20.8 Å². The number of nitrogens with zero attached hydrogens (tertiary/aromatic N) is 2. The van der Waals surface area contributed by atoms with Crippen LogP contribution in [0.5, 0.6) is 5.75 Å². The molecule has 0 aliphatic carbocycles. The molecule has 1 aliphatic rings. The summed E-state index contributed by atoms with van der Waals surface area (Å²) >= 11 is 3.37. The molecule has 0 N–H and O–H groups in total. The first-order chi connectivity index (χ1) is 12.1. The molecular weight excluding hydrogens is 387 g/mol. The molecule has 1 fully saturated rings. The number of halogens is 2. The number of benzene rings is 2.